The van der Waals surface area contributed by atoms with Gasteiger partial charge < -0.3 is 14.7 Å². The van der Waals surface area contributed by atoms with Crippen molar-refractivity contribution in [3.05, 3.63) is 76.1 Å². The molecule has 0 atom stereocenters. The molecule has 0 saturated carbocycles. The van der Waals surface area contributed by atoms with Crippen molar-refractivity contribution in [1.82, 2.24) is 4.57 Å². The second kappa shape index (κ2) is 9.03. The van der Waals surface area contributed by atoms with Gasteiger partial charge in [-0.15, -0.1) is 0 Å². The number of anilines is 1. The van der Waals surface area contributed by atoms with Crippen molar-refractivity contribution in [3.8, 4) is 5.69 Å². The first-order valence-corrected chi connectivity index (χ1v) is 11.7. The fraction of sp³-hybridized carbons (Fsp3) is 0.182. The molecule has 0 aliphatic rings. The number of sulfone groups is 1. The molecule has 0 fully saturated rings. The van der Waals surface area contributed by atoms with E-state index in [0.29, 0.717) is 12.0 Å². The fourth-order valence-electron chi connectivity index (χ4n) is 3.39. The van der Waals surface area contributed by atoms with Crippen molar-refractivity contribution in [2.45, 2.75) is 24.4 Å². The summed E-state index contributed by atoms with van der Waals surface area (Å²) in [6.07, 6.45) is -3.37. The van der Waals surface area contributed by atoms with Crippen LogP contribution in [0.1, 0.15) is 27.3 Å². The van der Waals surface area contributed by atoms with E-state index in [1.807, 2.05) is 0 Å². The molecule has 1 aromatic heterocycles. The minimum absolute atomic E-state index is 0.0575. The Kier molecular flexibility index (Phi) is 6.71. The van der Waals surface area contributed by atoms with Crippen LogP contribution in [0.25, 0.3) is 5.69 Å². The molecule has 6 nitrogen and oxygen atoms in total. The van der Waals surface area contributed by atoms with E-state index in [4.69, 9.17) is 11.6 Å². The smallest absolute Gasteiger partial charge is 0.322 e. The zero-order valence-corrected chi connectivity index (χ0v) is 19.0. The molecule has 0 aliphatic carbocycles. The summed E-state index contributed by atoms with van der Waals surface area (Å²) in [6.45, 7) is 1.46. The van der Waals surface area contributed by atoms with Gasteiger partial charge in [0.25, 0.3) is 5.91 Å². The summed E-state index contributed by atoms with van der Waals surface area (Å²) in [5.74, 6) is -0.631. The number of aromatic nitrogens is 1. The Labute approximate surface area is 192 Å². The molecule has 11 heteroatoms. The third-order valence-corrected chi connectivity index (χ3v) is 6.27. The van der Waals surface area contributed by atoms with E-state index >= 15 is 0 Å². The van der Waals surface area contributed by atoms with Crippen LogP contribution in [0.5, 0.6) is 0 Å². The van der Waals surface area contributed by atoms with Crippen LogP contribution in [-0.2, 0) is 27.2 Å². The maximum Gasteiger partial charge on any atom is 0.418 e. The number of hydrogen-bond acceptors (Lipinski definition) is 4. The molecule has 0 radical (unpaired) electrons. The van der Waals surface area contributed by atoms with Crippen LogP contribution in [0.2, 0.25) is 5.02 Å². The average molecular weight is 499 g/mol. The molecule has 1 heterocycles. The van der Waals surface area contributed by atoms with E-state index in [9.17, 15) is 31.2 Å². The summed E-state index contributed by atoms with van der Waals surface area (Å²) in [7, 11) is -3.42. The van der Waals surface area contributed by atoms with Gasteiger partial charge in [0, 0.05) is 34.8 Å². The molecule has 33 heavy (non-hydrogen) atoms. The van der Waals surface area contributed by atoms with Gasteiger partial charge in [0.05, 0.1) is 21.7 Å². The first-order chi connectivity index (χ1) is 15.3. The second-order valence-electron chi connectivity index (χ2n) is 7.25. The number of carbonyl (C=O) groups is 2. The molecule has 0 unspecified atom stereocenters. The Morgan fingerprint density at radius 3 is 2.30 bits per heavy atom. The van der Waals surface area contributed by atoms with Gasteiger partial charge in [-0.3, -0.25) is 4.79 Å². The van der Waals surface area contributed by atoms with Gasteiger partial charge in [0.2, 0.25) is 0 Å². The topological polar surface area (TPSA) is 85.2 Å². The van der Waals surface area contributed by atoms with Gasteiger partial charge in [-0.25, -0.2) is 8.42 Å². The van der Waals surface area contributed by atoms with E-state index in [2.05, 4.69) is 5.32 Å². The number of alkyl halides is 3. The average Bonchev–Trinajstić information content (AvgIpc) is 3.03. The van der Waals surface area contributed by atoms with Gasteiger partial charge in [-0.1, -0.05) is 11.6 Å². The summed E-state index contributed by atoms with van der Waals surface area (Å²) in [6, 6.07) is 10.0. The molecule has 0 bridgehead atoms. The summed E-state index contributed by atoms with van der Waals surface area (Å²) in [5.41, 5.74) is -0.555. The standard InChI is InChI=1S/C22H18ClF3N2O4S/c1-13-18(21(30)27-15-4-6-17(7-5-15)33(2,31)32)12-16(9-10-29)28(13)20-8-3-14(23)11-19(20)22(24,25)26/h3-8,10-12H,9H2,1-2H3,(H,27,30). The molecular formula is C22H18ClF3N2O4S. The Morgan fingerprint density at radius 1 is 1.12 bits per heavy atom. The molecule has 0 aliphatic heterocycles. The monoisotopic (exact) mass is 498 g/mol. The number of aldehydes is 1. The highest BCUT2D eigenvalue weighted by Crippen LogP contribution is 2.37. The zero-order valence-electron chi connectivity index (χ0n) is 17.4. The number of rotatable bonds is 6. The zero-order chi connectivity index (χ0) is 24.6. The summed E-state index contributed by atoms with van der Waals surface area (Å²) in [5, 5.41) is 2.48. The highest BCUT2D eigenvalue weighted by atomic mass is 35.5. The molecule has 1 N–H and O–H groups in total. The Hall–Kier alpha value is -3.11. The minimum Gasteiger partial charge on any atom is -0.322 e. The van der Waals surface area contributed by atoms with Gasteiger partial charge >= 0.3 is 6.18 Å². The van der Waals surface area contributed by atoms with Crippen molar-refractivity contribution in [2.75, 3.05) is 11.6 Å². The third kappa shape index (κ3) is 5.28. The van der Waals surface area contributed by atoms with E-state index in [-0.39, 0.29) is 39.0 Å². The predicted molar refractivity (Wildman–Crippen MR) is 118 cm³/mol. The maximum absolute atomic E-state index is 13.7. The normalized spacial score (nSPS) is 11.9. The Bertz CT molecular complexity index is 1330. The number of benzene rings is 2. The molecule has 0 spiro atoms. The molecule has 174 valence electrons. The van der Waals surface area contributed by atoms with Crippen LogP contribution in [0, 0.1) is 6.92 Å². The number of nitrogens with one attached hydrogen (secondary N) is 1. The van der Waals surface area contributed by atoms with E-state index < -0.39 is 27.5 Å². The quantitative estimate of drug-likeness (QED) is 0.492. The highest BCUT2D eigenvalue weighted by Gasteiger charge is 2.35. The third-order valence-electron chi connectivity index (χ3n) is 4.91. The summed E-state index contributed by atoms with van der Waals surface area (Å²) >= 11 is 5.77. The van der Waals surface area contributed by atoms with Crippen molar-refractivity contribution in [3.63, 3.8) is 0 Å². The van der Waals surface area contributed by atoms with E-state index in [0.717, 1.165) is 12.3 Å². The van der Waals surface area contributed by atoms with Gasteiger partial charge in [-0.2, -0.15) is 13.2 Å². The van der Waals surface area contributed by atoms with E-state index in [1.54, 1.807) is 0 Å². The first-order valence-electron chi connectivity index (χ1n) is 9.46. The summed E-state index contributed by atoms with van der Waals surface area (Å²) < 4.78 is 65.4. The fourth-order valence-corrected chi connectivity index (χ4v) is 4.19. The van der Waals surface area contributed by atoms with Gasteiger partial charge in [0.15, 0.2) is 9.84 Å². The first kappa shape index (κ1) is 24.5. The molecule has 1 amide bonds. The highest BCUT2D eigenvalue weighted by molar-refractivity contribution is 7.90. The Balaban J connectivity index is 2.06. The van der Waals surface area contributed by atoms with Crippen LogP contribution in [-0.4, -0.2) is 31.4 Å². The number of nitrogens with zero attached hydrogens (tertiary/aromatic N) is 1. The van der Waals surface area contributed by atoms with Crippen LogP contribution in [0.3, 0.4) is 0 Å². The van der Waals surface area contributed by atoms with Crippen LogP contribution < -0.4 is 5.32 Å². The summed E-state index contributed by atoms with van der Waals surface area (Å²) in [4.78, 5) is 24.1. The van der Waals surface area contributed by atoms with Gasteiger partial charge in [0.1, 0.15) is 6.29 Å². The number of hydrogen-bond donors (Lipinski definition) is 1. The maximum atomic E-state index is 13.7. The SMILES string of the molecule is Cc1c(C(=O)Nc2ccc(S(C)(=O)=O)cc2)cc(CC=O)n1-c1ccc(Cl)cc1C(F)(F)F. The number of halogens is 4. The molecular weight excluding hydrogens is 481 g/mol. The molecule has 0 saturated heterocycles. The van der Waals surface area contributed by atoms with Crippen molar-refractivity contribution in [1.29, 1.82) is 0 Å². The molecule has 2 aromatic carbocycles. The number of amides is 1. The van der Waals surface area contributed by atoms with Crippen molar-refractivity contribution >= 4 is 39.3 Å². The number of carbonyl (C=O) groups excluding carboxylic acids is 2. The largest absolute Gasteiger partial charge is 0.418 e. The van der Waals surface area contributed by atoms with Crippen LogP contribution in [0.15, 0.2) is 53.4 Å². The van der Waals surface area contributed by atoms with Crippen molar-refractivity contribution < 1.29 is 31.2 Å². The lowest BCUT2D eigenvalue weighted by atomic mass is 10.1. The van der Waals surface area contributed by atoms with Crippen LogP contribution >= 0.6 is 11.6 Å². The minimum atomic E-state index is -4.72. The lowest BCUT2D eigenvalue weighted by molar-refractivity contribution is -0.137. The molecule has 3 aromatic rings. The Morgan fingerprint density at radius 2 is 1.76 bits per heavy atom. The van der Waals surface area contributed by atoms with Crippen molar-refractivity contribution in [2.24, 2.45) is 0 Å². The van der Waals surface area contributed by atoms with Crippen LogP contribution in [0.4, 0.5) is 18.9 Å². The predicted octanol–water partition coefficient (Wildman–Crippen LogP) is 4.86. The lowest BCUT2D eigenvalue weighted by Gasteiger charge is -2.18. The lowest BCUT2D eigenvalue weighted by Crippen LogP contribution is -2.15. The van der Waals surface area contributed by atoms with E-state index in [1.165, 1.54) is 54.0 Å². The molecule has 3 rings (SSSR count). The van der Waals surface area contributed by atoms with Gasteiger partial charge in [-0.05, 0) is 55.5 Å². The second-order valence-corrected chi connectivity index (χ2v) is 9.70.